The lowest BCUT2D eigenvalue weighted by molar-refractivity contribution is 0.187. The maximum atomic E-state index is 13.2. The molecule has 0 aliphatic rings. The Bertz CT molecular complexity index is 737. The summed E-state index contributed by atoms with van der Waals surface area (Å²) < 4.78 is 17.7. The highest BCUT2D eigenvalue weighted by Gasteiger charge is 2.10. The van der Waals surface area contributed by atoms with E-state index in [-0.39, 0.29) is 18.4 Å². The number of carbonyl (C=O) groups excluding carboxylic acids is 2. The van der Waals surface area contributed by atoms with Crippen molar-refractivity contribution in [3.63, 3.8) is 0 Å². The molecule has 0 aliphatic carbocycles. The van der Waals surface area contributed by atoms with Gasteiger partial charge >= 0.3 is 12.1 Å². The van der Waals surface area contributed by atoms with Crippen molar-refractivity contribution in [2.45, 2.75) is 6.54 Å². The third kappa shape index (κ3) is 4.98. The Balaban J connectivity index is 1.98. The van der Waals surface area contributed by atoms with Gasteiger partial charge in [0.05, 0.1) is 7.11 Å². The largest absolute Gasteiger partial charge is 0.453 e. The molecule has 2 aromatic rings. The van der Waals surface area contributed by atoms with Gasteiger partial charge in [0, 0.05) is 25.0 Å². The van der Waals surface area contributed by atoms with Crippen LogP contribution in [0.15, 0.2) is 48.5 Å². The van der Waals surface area contributed by atoms with E-state index in [1.54, 1.807) is 43.4 Å². The monoisotopic (exact) mass is 331 g/mol. The normalized spacial score (nSPS) is 9.96. The van der Waals surface area contributed by atoms with Gasteiger partial charge in [0.15, 0.2) is 0 Å². The minimum Gasteiger partial charge on any atom is -0.453 e. The second-order valence-corrected chi connectivity index (χ2v) is 5.11. The maximum Gasteiger partial charge on any atom is 0.411 e. The predicted molar refractivity (Wildman–Crippen MR) is 89.4 cm³/mol. The molecule has 0 fully saturated rings. The van der Waals surface area contributed by atoms with Gasteiger partial charge in [-0.15, -0.1) is 0 Å². The Morgan fingerprint density at radius 1 is 1.08 bits per heavy atom. The Labute approximate surface area is 139 Å². The van der Waals surface area contributed by atoms with Crippen molar-refractivity contribution in [1.29, 1.82) is 0 Å². The zero-order chi connectivity index (χ0) is 17.5. The molecule has 0 bridgehead atoms. The number of rotatable bonds is 4. The number of hydrogen-bond acceptors (Lipinski definition) is 3. The van der Waals surface area contributed by atoms with Crippen LogP contribution in [0.2, 0.25) is 0 Å². The molecule has 0 saturated carbocycles. The molecule has 2 N–H and O–H groups in total. The summed E-state index contributed by atoms with van der Waals surface area (Å²) in [5, 5.41) is 5.22. The average Bonchev–Trinajstić information content (AvgIpc) is 2.55. The van der Waals surface area contributed by atoms with Crippen molar-refractivity contribution in [3.8, 4) is 0 Å². The molecular formula is C17H18FN3O3. The van der Waals surface area contributed by atoms with E-state index in [0.29, 0.717) is 16.9 Å². The van der Waals surface area contributed by atoms with Crippen LogP contribution in [0.4, 0.5) is 25.4 Å². The number of nitrogens with zero attached hydrogens (tertiary/aromatic N) is 1. The minimum absolute atomic E-state index is 0.268. The lowest BCUT2D eigenvalue weighted by Crippen LogP contribution is -2.30. The van der Waals surface area contributed by atoms with E-state index in [4.69, 9.17) is 0 Å². The summed E-state index contributed by atoms with van der Waals surface area (Å²) in [7, 11) is 2.87. The number of ether oxygens (including phenoxy) is 1. The fraction of sp³-hybridized carbons (Fsp3) is 0.176. The number of amides is 3. The van der Waals surface area contributed by atoms with Crippen LogP contribution in [-0.2, 0) is 11.3 Å². The van der Waals surface area contributed by atoms with Crippen LogP contribution in [0.3, 0.4) is 0 Å². The molecule has 24 heavy (non-hydrogen) atoms. The maximum absolute atomic E-state index is 13.2. The van der Waals surface area contributed by atoms with Crippen molar-refractivity contribution in [1.82, 2.24) is 4.90 Å². The molecule has 6 nitrogen and oxygen atoms in total. The van der Waals surface area contributed by atoms with E-state index in [1.807, 2.05) is 0 Å². The molecule has 0 aliphatic heterocycles. The summed E-state index contributed by atoms with van der Waals surface area (Å²) in [6.45, 7) is 0.268. The third-order valence-corrected chi connectivity index (χ3v) is 3.20. The van der Waals surface area contributed by atoms with Crippen molar-refractivity contribution >= 4 is 23.5 Å². The lowest BCUT2D eigenvalue weighted by atomic mass is 10.2. The number of nitrogens with one attached hydrogen (secondary N) is 2. The Morgan fingerprint density at radius 3 is 2.42 bits per heavy atom. The molecule has 3 amide bonds. The van der Waals surface area contributed by atoms with E-state index < -0.39 is 6.09 Å². The van der Waals surface area contributed by atoms with Crippen LogP contribution in [-0.4, -0.2) is 31.2 Å². The van der Waals surface area contributed by atoms with E-state index >= 15 is 0 Å². The van der Waals surface area contributed by atoms with E-state index in [1.165, 1.54) is 24.1 Å². The van der Waals surface area contributed by atoms with Gasteiger partial charge < -0.3 is 15.0 Å². The summed E-state index contributed by atoms with van der Waals surface area (Å²) in [5.41, 5.74) is 1.70. The molecule has 0 aromatic heterocycles. The first-order valence-corrected chi connectivity index (χ1v) is 7.19. The smallest absolute Gasteiger partial charge is 0.411 e. The van der Waals surface area contributed by atoms with Crippen LogP contribution in [0.5, 0.6) is 0 Å². The zero-order valence-corrected chi connectivity index (χ0v) is 13.4. The van der Waals surface area contributed by atoms with Crippen molar-refractivity contribution in [3.05, 3.63) is 59.9 Å². The van der Waals surface area contributed by atoms with Gasteiger partial charge in [0.25, 0.3) is 0 Å². The highest BCUT2D eigenvalue weighted by Crippen LogP contribution is 2.16. The van der Waals surface area contributed by atoms with Crippen LogP contribution in [0.25, 0.3) is 0 Å². The van der Waals surface area contributed by atoms with E-state index in [2.05, 4.69) is 15.4 Å². The third-order valence-electron chi connectivity index (χ3n) is 3.20. The standard InChI is InChI=1S/C17H18FN3O3/c1-21(11-12-5-3-6-13(18)9-12)16(22)19-14-7-4-8-15(10-14)20-17(23)24-2/h3-10H,11H2,1-2H3,(H,19,22)(H,20,23). The van der Waals surface area contributed by atoms with Gasteiger partial charge in [-0.3, -0.25) is 5.32 Å². The molecule has 126 valence electrons. The van der Waals surface area contributed by atoms with Gasteiger partial charge in [-0.1, -0.05) is 18.2 Å². The van der Waals surface area contributed by atoms with Crippen molar-refractivity contribution in [2.24, 2.45) is 0 Å². The lowest BCUT2D eigenvalue weighted by Gasteiger charge is -2.18. The van der Waals surface area contributed by atoms with Crippen LogP contribution >= 0.6 is 0 Å². The molecule has 0 spiro atoms. The Morgan fingerprint density at radius 2 is 1.75 bits per heavy atom. The van der Waals surface area contributed by atoms with Gasteiger partial charge in [-0.2, -0.15) is 0 Å². The molecule has 7 heteroatoms. The van der Waals surface area contributed by atoms with Crippen molar-refractivity contribution < 1.29 is 18.7 Å². The highest BCUT2D eigenvalue weighted by molar-refractivity contribution is 5.91. The van der Waals surface area contributed by atoms with Gasteiger partial charge in [0.2, 0.25) is 0 Å². The number of hydrogen-bond donors (Lipinski definition) is 2. The second-order valence-electron chi connectivity index (χ2n) is 5.11. The number of anilines is 2. The van der Waals surface area contributed by atoms with Gasteiger partial charge in [-0.05, 0) is 35.9 Å². The Hall–Kier alpha value is -3.09. The first-order valence-electron chi connectivity index (χ1n) is 7.19. The number of benzene rings is 2. The summed E-state index contributed by atoms with van der Waals surface area (Å²) in [4.78, 5) is 24.8. The summed E-state index contributed by atoms with van der Waals surface area (Å²) in [6, 6.07) is 12.4. The summed E-state index contributed by atoms with van der Waals surface area (Å²) >= 11 is 0. The SMILES string of the molecule is COC(=O)Nc1cccc(NC(=O)N(C)Cc2cccc(F)c2)c1. The van der Waals surface area contributed by atoms with E-state index in [0.717, 1.165) is 0 Å². The van der Waals surface area contributed by atoms with Gasteiger partial charge in [0.1, 0.15) is 5.82 Å². The average molecular weight is 331 g/mol. The zero-order valence-electron chi connectivity index (χ0n) is 13.4. The molecule has 0 saturated heterocycles. The van der Waals surface area contributed by atoms with Crippen molar-refractivity contribution in [2.75, 3.05) is 24.8 Å². The quantitative estimate of drug-likeness (QED) is 0.898. The Kier molecular flexibility index (Phi) is 5.73. The molecule has 0 radical (unpaired) electrons. The molecule has 0 atom stereocenters. The first-order chi connectivity index (χ1) is 11.5. The van der Waals surface area contributed by atoms with Crippen LogP contribution < -0.4 is 10.6 Å². The summed E-state index contributed by atoms with van der Waals surface area (Å²) in [6.07, 6.45) is -0.596. The number of carbonyl (C=O) groups is 2. The van der Waals surface area contributed by atoms with Crippen LogP contribution in [0, 0.1) is 5.82 Å². The molecule has 0 unspecified atom stereocenters. The van der Waals surface area contributed by atoms with Crippen LogP contribution in [0.1, 0.15) is 5.56 Å². The number of halogens is 1. The second kappa shape index (κ2) is 7.96. The number of methoxy groups -OCH3 is 1. The fourth-order valence-electron chi connectivity index (χ4n) is 2.04. The molecule has 2 rings (SSSR count). The number of urea groups is 1. The molecule has 2 aromatic carbocycles. The highest BCUT2D eigenvalue weighted by atomic mass is 19.1. The molecular weight excluding hydrogens is 313 g/mol. The fourth-order valence-corrected chi connectivity index (χ4v) is 2.04. The predicted octanol–water partition coefficient (Wildman–Crippen LogP) is 3.67. The minimum atomic E-state index is -0.596. The van der Waals surface area contributed by atoms with Gasteiger partial charge in [-0.25, -0.2) is 14.0 Å². The van der Waals surface area contributed by atoms with E-state index in [9.17, 15) is 14.0 Å². The molecule has 0 heterocycles. The summed E-state index contributed by atoms with van der Waals surface area (Å²) in [5.74, 6) is -0.345. The topological polar surface area (TPSA) is 70.7 Å². The first kappa shape index (κ1) is 17.3.